The Kier molecular flexibility index (Phi) is 5.31. The molecule has 1 aliphatic carbocycles. The van der Waals surface area contributed by atoms with Crippen LogP contribution < -0.4 is 15.1 Å². The van der Waals surface area contributed by atoms with Gasteiger partial charge >= 0.3 is 6.01 Å². The summed E-state index contributed by atoms with van der Waals surface area (Å²) in [5.74, 6) is 0.343. The summed E-state index contributed by atoms with van der Waals surface area (Å²) >= 11 is 5.78. The molecule has 4 rings (SSSR count). The fourth-order valence-electron chi connectivity index (χ4n) is 2.73. The first-order valence-electron chi connectivity index (χ1n) is 9.02. The molecule has 0 bridgehead atoms. The number of nitrogens with zero attached hydrogens (tertiary/aromatic N) is 2. The number of hydrogen-bond donors (Lipinski definition) is 1. The van der Waals surface area contributed by atoms with Crippen molar-refractivity contribution >= 4 is 17.5 Å². The smallest absolute Gasteiger partial charge is 0.321 e. The number of halogens is 2. The highest BCUT2D eigenvalue weighted by Crippen LogP contribution is 2.34. The minimum absolute atomic E-state index is 0.00709. The molecular weight excluding hydrogens is 397 g/mol. The van der Waals surface area contributed by atoms with Crippen LogP contribution >= 0.6 is 11.6 Å². The van der Waals surface area contributed by atoms with E-state index in [1.54, 1.807) is 12.1 Å². The third-order valence-corrected chi connectivity index (χ3v) is 4.63. The molecule has 0 saturated heterocycles. The van der Waals surface area contributed by atoms with Gasteiger partial charge in [0.2, 0.25) is 0 Å². The molecule has 1 heterocycles. The second-order valence-corrected chi connectivity index (χ2v) is 7.19. The summed E-state index contributed by atoms with van der Waals surface area (Å²) in [6, 6.07) is 9.63. The Bertz CT molecular complexity index is 1060. The number of aryl methyl sites for hydroxylation is 1. The molecule has 0 radical (unpaired) electrons. The maximum Gasteiger partial charge on any atom is 0.321 e. The Morgan fingerprint density at radius 2 is 1.86 bits per heavy atom. The Labute approximate surface area is 171 Å². The number of hydrogen-bond acceptors (Lipinski definition) is 5. The zero-order valence-corrected chi connectivity index (χ0v) is 16.2. The first-order valence-corrected chi connectivity index (χ1v) is 9.40. The van der Waals surface area contributed by atoms with Crippen molar-refractivity contribution in [2.24, 2.45) is 5.92 Å². The van der Waals surface area contributed by atoms with Gasteiger partial charge in [-0.2, -0.15) is 5.48 Å². The molecule has 0 unspecified atom stereocenters. The lowest BCUT2D eigenvalue weighted by atomic mass is 10.0. The monoisotopic (exact) mass is 413 g/mol. The summed E-state index contributed by atoms with van der Waals surface area (Å²) in [5.41, 5.74) is 4.45. The summed E-state index contributed by atoms with van der Waals surface area (Å²) < 4.78 is 19.6. The standard InChI is InChI=1S/C21H17ClFN3O3/c1-12-8-14(4-6-18(12)28-21-24-10-15(22)11-25-21)17-9-16(23)5-7-19(17)29-26-20(27)13-2-3-13/h4-11,13H,2-3H2,1H3,(H,26,27). The van der Waals surface area contributed by atoms with Crippen LogP contribution in [0.3, 0.4) is 0 Å². The van der Waals surface area contributed by atoms with Crippen LogP contribution in [0.15, 0.2) is 48.8 Å². The van der Waals surface area contributed by atoms with E-state index in [2.05, 4.69) is 15.4 Å². The average molecular weight is 414 g/mol. The number of benzene rings is 2. The van der Waals surface area contributed by atoms with Crippen LogP contribution in [0.2, 0.25) is 5.02 Å². The van der Waals surface area contributed by atoms with E-state index in [0.717, 1.165) is 18.4 Å². The molecule has 148 valence electrons. The summed E-state index contributed by atoms with van der Waals surface area (Å²) in [5, 5.41) is 0.414. The maximum atomic E-state index is 13.9. The number of ether oxygens (including phenoxy) is 1. The van der Waals surface area contributed by atoms with Gasteiger partial charge in [-0.25, -0.2) is 14.4 Å². The third-order valence-electron chi connectivity index (χ3n) is 4.44. The second-order valence-electron chi connectivity index (χ2n) is 6.75. The molecule has 1 aliphatic rings. The van der Waals surface area contributed by atoms with Crippen LogP contribution in [0.5, 0.6) is 17.5 Å². The molecule has 1 amide bonds. The SMILES string of the molecule is Cc1cc(-c2cc(F)ccc2ONC(=O)C2CC2)ccc1Oc1ncc(Cl)cn1. The van der Waals surface area contributed by atoms with Crippen molar-refractivity contribution in [1.82, 2.24) is 15.4 Å². The predicted molar refractivity (Wildman–Crippen MR) is 105 cm³/mol. The van der Waals surface area contributed by atoms with Gasteiger partial charge in [0.25, 0.3) is 5.91 Å². The Hall–Kier alpha value is -3.19. The average Bonchev–Trinajstić information content (AvgIpc) is 3.55. The molecule has 8 heteroatoms. The van der Waals surface area contributed by atoms with Gasteiger partial charge in [0, 0.05) is 11.5 Å². The van der Waals surface area contributed by atoms with Crippen LogP contribution in [0.25, 0.3) is 11.1 Å². The quantitative estimate of drug-likeness (QED) is 0.584. The number of amides is 1. The molecule has 1 fully saturated rings. The highest BCUT2D eigenvalue weighted by Gasteiger charge is 2.30. The molecule has 6 nitrogen and oxygen atoms in total. The van der Waals surface area contributed by atoms with E-state index in [1.165, 1.54) is 30.6 Å². The van der Waals surface area contributed by atoms with Gasteiger partial charge in [0.05, 0.1) is 17.4 Å². The van der Waals surface area contributed by atoms with Crippen molar-refractivity contribution in [3.8, 4) is 28.6 Å². The number of nitrogens with one attached hydrogen (secondary N) is 1. The number of carbonyl (C=O) groups excluding carboxylic acids is 1. The van der Waals surface area contributed by atoms with Crippen molar-refractivity contribution in [1.29, 1.82) is 0 Å². The lowest BCUT2D eigenvalue weighted by Gasteiger charge is -2.13. The van der Waals surface area contributed by atoms with Gasteiger partial charge in [-0.1, -0.05) is 17.7 Å². The summed E-state index contributed by atoms with van der Waals surface area (Å²) in [4.78, 5) is 25.3. The molecule has 1 saturated carbocycles. The van der Waals surface area contributed by atoms with Crippen LogP contribution in [0.4, 0.5) is 4.39 Å². The minimum Gasteiger partial charge on any atom is -0.424 e. The fourth-order valence-corrected chi connectivity index (χ4v) is 2.83. The van der Waals surface area contributed by atoms with E-state index in [9.17, 15) is 9.18 Å². The van der Waals surface area contributed by atoms with Gasteiger partial charge in [-0.15, -0.1) is 0 Å². The van der Waals surface area contributed by atoms with Crippen LogP contribution in [0.1, 0.15) is 18.4 Å². The number of hydroxylamine groups is 1. The lowest BCUT2D eigenvalue weighted by Crippen LogP contribution is -2.28. The van der Waals surface area contributed by atoms with Crippen molar-refractivity contribution in [2.45, 2.75) is 19.8 Å². The molecule has 29 heavy (non-hydrogen) atoms. The molecule has 1 aromatic heterocycles. The zero-order chi connectivity index (χ0) is 20.4. The first kappa shape index (κ1) is 19.1. The molecule has 1 N–H and O–H groups in total. The van der Waals surface area contributed by atoms with Gasteiger partial charge in [0.1, 0.15) is 11.6 Å². The van der Waals surface area contributed by atoms with Crippen molar-refractivity contribution < 1.29 is 18.8 Å². The van der Waals surface area contributed by atoms with E-state index in [4.69, 9.17) is 21.2 Å². The Balaban J connectivity index is 1.57. The Morgan fingerprint density at radius 1 is 1.14 bits per heavy atom. The van der Waals surface area contributed by atoms with Crippen molar-refractivity contribution in [3.05, 3.63) is 65.2 Å². The molecule has 2 aromatic carbocycles. The van der Waals surface area contributed by atoms with Gasteiger partial charge in [0.15, 0.2) is 5.75 Å². The molecule has 0 aliphatic heterocycles. The normalized spacial score (nSPS) is 13.1. The molecule has 0 atom stereocenters. The second kappa shape index (κ2) is 8.05. The topological polar surface area (TPSA) is 73.3 Å². The molecule has 0 spiro atoms. The highest BCUT2D eigenvalue weighted by molar-refractivity contribution is 6.30. The minimum atomic E-state index is -0.409. The first-order chi connectivity index (χ1) is 14.0. The van der Waals surface area contributed by atoms with Crippen LogP contribution in [0, 0.1) is 18.7 Å². The van der Waals surface area contributed by atoms with E-state index in [0.29, 0.717) is 27.6 Å². The van der Waals surface area contributed by atoms with E-state index in [1.807, 2.05) is 13.0 Å². The predicted octanol–water partition coefficient (Wildman–Crippen LogP) is 4.86. The zero-order valence-electron chi connectivity index (χ0n) is 15.5. The van der Waals surface area contributed by atoms with Gasteiger partial charge in [-0.05, 0) is 61.2 Å². The molecular formula is C21H17ClFN3O3. The number of rotatable bonds is 6. The third kappa shape index (κ3) is 4.63. The van der Waals surface area contributed by atoms with Crippen LogP contribution in [-0.2, 0) is 4.79 Å². The highest BCUT2D eigenvalue weighted by atomic mass is 35.5. The summed E-state index contributed by atoms with van der Waals surface area (Å²) in [6.45, 7) is 1.85. The number of aromatic nitrogens is 2. The van der Waals surface area contributed by atoms with Crippen LogP contribution in [-0.4, -0.2) is 15.9 Å². The van der Waals surface area contributed by atoms with E-state index >= 15 is 0 Å². The summed E-state index contributed by atoms with van der Waals surface area (Å²) in [7, 11) is 0. The fraction of sp³-hybridized carbons (Fsp3) is 0.190. The largest absolute Gasteiger partial charge is 0.424 e. The number of carbonyl (C=O) groups is 1. The van der Waals surface area contributed by atoms with Crippen molar-refractivity contribution in [2.75, 3.05) is 0 Å². The lowest BCUT2D eigenvalue weighted by molar-refractivity contribution is -0.128. The maximum absolute atomic E-state index is 13.9. The van der Waals surface area contributed by atoms with Gasteiger partial charge < -0.3 is 9.57 Å². The summed E-state index contributed by atoms with van der Waals surface area (Å²) in [6.07, 6.45) is 4.62. The van der Waals surface area contributed by atoms with Crippen molar-refractivity contribution in [3.63, 3.8) is 0 Å². The van der Waals surface area contributed by atoms with E-state index in [-0.39, 0.29) is 17.8 Å². The Morgan fingerprint density at radius 3 is 2.55 bits per heavy atom. The van der Waals surface area contributed by atoms with E-state index < -0.39 is 5.82 Å². The molecule has 3 aromatic rings. The van der Waals surface area contributed by atoms with Gasteiger partial charge in [-0.3, -0.25) is 4.79 Å².